The number of carboxylic acids is 1. The van der Waals surface area contributed by atoms with E-state index in [1.807, 2.05) is 25.1 Å². The molecule has 0 unspecified atom stereocenters. The van der Waals surface area contributed by atoms with Crippen LogP contribution >= 0.6 is 0 Å². The van der Waals surface area contributed by atoms with Crippen LogP contribution in [0, 0.1) is 5.92 Å². The summed E-state index contributed by atoms with van der Waals surface area (Å²) in [6, 6.07) is 6.35. The highest BCUT2D eigenvalue weighted by Crippen LogP contribution is 2.18. The number of hydrogen-bond donors (Lipinski definition) is 2. The number of carbonyl (C=O) groups excluding carboxylic acids is 1. The number of carbonyl (C=O) groups is 2. The lowest BCUT2D eigenvalue weighted by Crippen LogP contribution is -2.45. The van der Waals surface area contributed by atoms with Gasteiger partial charge in [0.15, 0.2) is 5.58 Å². The van der Waals surface area contributed by atoms with Gasteiger partial charge in [0.1, 0.15) is 11.7 Å². The quantitative estimate of drug-likeness (QED) is 0.848. The Morgan fingerprint density at radius 1 is 1.38 bits per heavy atom. The van der Waals surface area contributed by atoms with Gasteiger partial charge in [-0.05, 0) is 18.1 Å². The van der Waals surface area contributed by atoms with Crippen molar-refractivity contribution in [1.82, 2.24) is 10.5 Å². The molecule has 21 heavy (non-hydrogen) atoms. The minimum atomic E-state index is -1.03. The Balaban J connectivity index is 2.09. The van der Waals surface area contributed by atoms with Crippen molar-refractivity contribution >= 4 is 22.8 Å². The van der Waals surface area contributed by atoms with E-state index >= 15 is 0 Å². The zero-order valence-electron chi connectivity index (χ0n) is 12.0. The minimum absolute atomic E-state index is 0.00275. The number of fused-ring (bicyclic) bond motifs is 1. The second-order valence-electron chi connectivity index (χ2n) is 5.07. The highest BCUT2D eigenvalue weighted by molar-refractivity contribution is 5.88. The topological polar surface area (TPSA) is 92.4 Å². The number of rotatable bonds is 6. The van der Waals surface area contributed by atoms with Gasteiger partial charge in [0.25, 0.3) is 0 Å². The van der Waals surface area contributed by atoms with Crippen molar-refractivity contribution in [1.29, 1.82) is 0 Å². The lowest BCUT2D eigenvalue weighted by molar-refractivity contribution is -0.143. The fourth-order valence-electron chi connectivity index (χ4n) is 2.13. The molecule has 0 fully saturated rings. The van der Waals surface area contributed by atoms with Gasteiger partial charge in [-0.1, -0.05) is 37.6 Å². The van der Waals surface area contributed by atoms with E-state index in [9.17, 15) is 14.7 Å². The molecule has 0 bridgehead atoms. The summed E-state index contributed by atoms with van der Waals surface area (Å²) in [5, 5.41) is 16.4. The molecule has 1 amide bonds. The van der Waals surface area contributed by atoms with Crippen molar-refractivity contribution in [2.75, 3.05) is 0 Å². The summed E-state index contributed by atoms with van der Waals surface area (Å²) < 4.78 is 5.12. The summed E-state index contributed by atoms with van der Waals surface area (Å²) in [6.45, 7) is 3.68. The molecule has 0 saturated carbocycles. The zero-order valence-corrected chi connectivity index (χ0v) is 12.0. The monoisotopic (exact) mass is 290 g/mol. The molecule has 112 valence electrons. The van der Waals surface area contributed by atoms with Crippen LogP contribution in [-0.2, 0) is 16.0 Å². The van der Waals surface area contributed by atoms with Crippen LogP contribution in [0.5, 0.6) is 0 Å². The first-order chi connectivity index (χ1) is 10.0. The van der Waals surface area contributed by atoms with Gasteiger partial charge in [-0.25, -0.2) is 4.79 Å². The van der Waals surface area contributed by atoms with E-state index < -0.39 is 12.0 Å². The van der Waals surface area contributed by atoms with Crippen molar-refractivity contribution in [2.24, 2.45) is 5.92 Å². The largest absolute Gasteiger partial charge is 0.480 e. The number of carboxylic acid groups (broad SMARTS) is 1. The number of nitrogens with zero attached hydrogens (tertiary/aromatic N) is 1. The Labute approximate surface area is 122 Å². The zero-order chi connectivity index (χ0) is 15.4. The molecule has 2 atom stereocenters. The second kappa shape index (κ2) is 6.39. The molecule has 0 aliphatic heterocycles. The number of benzene rings is 1. The molecule has 1 aromatic carbocycles. The number of aliphatic carboxylic acids is 1. The molecule has 2 aromatic rings. The molecule has 2 rings (SSSR count). The van der Waals surface area contributed by atoms with Gasteiger partial charge in [0.05, 0.1) is 6.42 Å². The molecule has 6 nitrogen and oxygen atoms in total. The number of nitrogens with one attached hydrogen (secondary N) is 1. The van der Waals surface area contributed by atoms with E-state index in [2.05, 4.69) is 10.5 Å². The van der Waals surface area contributed by atoms with Crippen LogP contribution in [0.3, 0.4) is 0 Å². The first-order valence-electron chi connectivity index (χ1n) is 6.88. The lowest BCUT2D eigenvalue weighted by Gasteiger charge is -2.19. The minimum Gasteiger partial charge on any atom is -0.480 e. The van der Waals surface area contributed by atoms with Crippen molar-refractivity contribution in [2.45, 2.75) is 32.7 Å². The van der Waals surface area contributed by atoms with Gasteiger partial charge in [-0.2, -0.15) is 0 Å². The van der Waals surface area contributed by atoms with Crippen molar-refractivity contribution < 1.29 is 19.2 Å². The van der Waals surface area contributed by atoms with E-state index in [-0.39, 0.29) is 18.2 Å². The molecular formula is C15H18N2O4. The van der Waals surface area contributed by atoms with Crippen molar-refractivity contribution in [3.63, 3.8) is 0 Å². The van der Waals surface area contributed by atoms with Crippen LogP contribution in [0.4, 0.5) is 0 Å². The molecule has 0 aliphatic carbocycles. The molecule has 1 aromatic heterocycles. The third-order valence-electron chi connectivity index (χ3n) is 3.58. The number of amides is 1. The number of aromatic nitrogens is 1. The average molecular weight is 290 g/mol. The molecule has 0 spiro atoms. The van der Waals surface area contributed by atoms with E-state index in [0.717, 1.165) is 5.39 Å². The number of para-hydroxylation sites is 1. The molecule has 6 heteroatoms. The molecule has 0 radical (unpaired) electrons. The van der Waals surface area contributed by atoms with Gasteiger partial charge in [0, 0.05) is 5.39 Å². The maximum atomic E-state index is 12.0. The second-order valence-corrected chi connectivity index (χ2v) is 5.07. The van der Waals surface area contributed by atoms with E-state index in [1.54, 1.807) is 13.0 Å². The maximum Gasteiger partial charge on any atom is 0.326 e. The highest BCUT2D eigenvalue weighted by Gasteiger charge is 2.25. The van der Waals surface area contributed by atoms with Crippen LogP contribution < -0.4 is 5.32 Å². The van der Waals surface area contributed by atoms with E-state index in [1.165, 1.54) is 0 Å². The normalized spacial score (nSPS) is 13.8. The predicted molar refractivity (Wildman–Crippen MR) is 76.7 cm³/mol. The summed E-state index contributed by atoms with van der Waals surface area (Å²) in [5.74, 6) is -1.54. The Morgan fingerprint density at radius 2 is 2.10 bits per heavy atom. The average Bonchev–Trinajstić information content (AvgIpc) is 2.87. The predicted octanol–water partition coefficient (Wildman–Crippen LogP) is 1.99. The Morgan fingerprint density at radius 3 is 2.76 bits per heavy atom. The smallest absolute Gasteiger partial charge is 0.326 e. The van der Waals surface area contributed by atoms with Crippen LogP contribution in [0.2, 0.25) is 0 Å². The third kappa shape index (κ3) is 3.39. The molecular weight excluding hydrogens is 272 g/mol. The summed E-state index contributed by atoms with van der Waals surface area (Å²) in [6.07, 6.45) is 0.668. The van der Waals surface area contributed by atoms with Crippen LogP contribution in [0.1, 0.15) is 26.0 Å². The summed E-state index contributed by atoms with van der Waals surface area (Å²) >= 11 is 0. The van der Waals surface area contributed by atoms with Gasteiger partial charge < -0.3 is 14.9 Å². The molecule has 1 heterocycles. The van der Waals surface area contributed by atoms with Crippen molar-refractivity contribution in [3.8, 4) is 0 Å². The summed E-state index contributed by atoms with van der Waals surface area (Å²) in [5.41, 5.74) is 1.12. The Hall–Kier alpha value is -2.37. The molecule has 2 N–H and O–H groups in total. The molecule has 0 aliphatic rings. The number of hydrogen-bond acceptors (Lipinski definition) is 4. The standard InChI is InChI=1S/C15H18N2O4/c1-3-9(2)14(15(19)20)16-13(18)8-11-10-6-4-5-7-12(10)21-17-11/h4-7,9,14H,3,8H2,1-2H3,(H,16,18)(H,19,20)/t9-,14-/m0/s1. The van der Waals surface area contributed by atoms with Crippen LogP contribution in [-0.4, -0.2) is 28.2 Å². The summed E-state index contributed by atoms with van der Waals surface area (Å²) in [4.78, 5) is 23.2. The lowest BCUT2D eigenvalue weighted by atomic mass is 9.99. The summed E-state index contributed by atoms with van der Waals surface area (Å²) in [7, 11) is 0. The van der Waals surface area contributed by atoms with Crippen LogP contribution in [0.25, 0.3) is 11.0 Å². The van der Waals surface area contributed by atoms with Gasteiger partial charge in [-0.3, -0.25) is 4.79 Å². The Kier molecular flexibility index (Phi) is 4.57. The van der Waals surface area contributed by atoms with Gasteiger partial charge in [0.2, 0.25) is 5.91 Å². The maximum absolute atomic E-state index is 12.0. The van der Waals surface area contributed by atoms with E-state index in [0.29, 0.717) is 17.7 Å². The molecule has 0 saturated heterocycles. The Bertz CT molecular complexity index is 650. The van der Waals surface area contributed by atoms with Gasteiger partial charge in [-0.15, -0.1) is 0 Å². The first-order valence-corrected chi connectivity index (χ1v) is 6.88. The third-order valence-corrected chi connectivity index (χ3v) is 3.58. The highest BCUT2D eigenvalue weighted by atomic mass is 16.5. The first kappa shape index (κ1) is 15.0. The fourth-order valence-corrected chi connectivity index (χ4v) is 2.13. The SMILES string of the molecule is CC[C@H](C)[C@H](NC(=O)Cc1noc2ccccc12)C(=O)O. The van der Waals surface area contributed by atoms with Gasteiger partial charge >= 0.3 is 5.97 Å². The van der Waals surface area contributed by atoms with Crippen LogP contribution in [0.15, 0.2) is 28.8 Å². The van der Waals surface area contributed by atoms with Crippen molar-refractivity contribution in [3.05, 3.63) is 30.0 Å². The fraction of sp³-hybridized carbons (Fsp3) is 0.400. The van der Waals surface area contributed by atoms with E-state index in [4.69, 9.17) is 4.52 Å².